The summed E-state index contributed by atoms with van der Waals surface area (Å²) in [6.45, 7) is 5.23. The van der Waals surface area contributed by atoms with E-state index in [2.05, 4.69) is 15.2 Å². The lowest BCUT2D eigenvalue weighted by Crippen LogP contribution is -2.46. The summed E-state index contributed by atoms with van der Waals surface area (Å²) < 4.78 is 5.19. The molecule has 1 aliphatic heterocycles. The Hall–Kier alpha value is -1.96. The fourth-order valence-electron chi connectivity index (χ4n) is 2.90. The van der Waals surface area contributed by atoms with Gasteiger partial charge in [0.15, 0.2) is 0 Å². The highest BCUT2D eigenvalue weighted by Crippen LogP contribution is 2.26. The normalized spacial score (nSPS) is 16.0. The van der Waals surface area contributed by atoms with E-state index in [0.717, 1.165) is 54.7 Å². The molecule has 0 saturated carbocycles. The Balaban J connectivity index is 1.51. The van der Waals surface area contributed by atoms with Crippen LogP contribution in [0.25, 0.3) is 10.6 Å². The van der Waals surface area contributed by atoms with Crippen molar-refractivity contribution >= 4 is 17.3 Å². The van der Waals surface area contributed by atoms with Crippen molar-refractivity contribution in [2.75, 3.05) is 39.8 Å². The maximum absolute atomic E-state index is 10.7. The number of benzene rings is 1. The molecule has 1 aliphatic rings. The molecular formula is C18H23N3O3S. The van der Waals surface area contributed by atoms with Gasteiger partial charge in [0, 0.05) is 50.2 Å². The van der Waals surface area contributed by atoms with E-state index in [1.165, 1.54) is 0 Å². The monoisotopic (exact) mass is 361 g/mol. The highest BCUT2D eigenvalue weighted by atomic mass is 32.1. The number of nitrogens with zero attached hydrogens (tertiary/aromatic N) is 3. The molecule has 6 nitrogen and oxygen atoms in total. The van der Waals surface area contributed by atoms with Crippen molar-refractivity contribution in [2.24, 2.45) is 0 Å². The molecule has 2 aromatic rings. The van der Waals surface area contributed by atoms with E-state index in [1.807, 2.05) is 24.3 Å². The van der Waals surface area contributed by atoms with Crippen molar-refractivity contribution in [1.29, 1.82) is 0 Å². The lowest BCUT2D eigenvalue weighted by Gasteiger charge is -2.34. The molecule has 0 spiro atoms. The van der Waals surface area contributed by atoms with Gasteiger partial charge in [-0.15, -0.1) is 11.3 Å². The fraction of sp³-hybridized carbons (Fsp3) is 0.444. The third-order valence-corrected chi connectivity index (χ3v) is 5.32. The van der Waals surface area contributed by atoms with Crippen LogP contribution in [-0.2, 0) is 11.3 Å². The first-order chi connectivity index (χ1) is 12.1. The minimum Gasteiger partial charge on any atom is -0.497 e. The summed E-state index contributed by atoms with van der Waals surface area (Å²) in [6.07, 6.45) is 0.220. The number of hydrogen-bond donors (Lipinski definition) is 1. The second-order valence-electron chi connectivity index (χ2n) is 6.13. The maximum atomic E-state index is 10.7. The first kappa shape index (κ1) is 17.8. The Labute approximate surface area is 151 Å². The van der Waals surface area contributed by atoms with E-state index in [9.17, 15) is 4.79 Å². The molecule has 1 saturated heterocycles. The zero-order valence-corrected chi connectivity index (χ0v) is 15.2. The van der Waals surface area contributed by atoms with Crippen LogP contribution < -0.4 is 4.74 Å². The van der Waals surface area contributed by atoms with E-state index in [1.54, 1.807) is 18.4 Å². The van der Waals surface area contributed by atoms with Crippen LogP contribution in [0, 0.1) is 0 Å². The number of thiazole rings is 1. The fourth-order valence-corrected chi connectivity index (χ4v) is 3.72. The van der Waals surface area contributed by atoms with Crippen molar-refractivity contribution in [1.82, 2.24) is 14.8 Å². The number of hydrogen-bond acceptors (Lipinski definition) is 6. The van der Waals surface area contributed by atoms with Gasteiger partial charge in [0.1, 0.15) is 10.8 Å². The summed E-state index contributed by atoms with van der Waals surface area (Å²) in [5.74, 6) is 0.122. The van der Waals surface area contributed by atoms with E-state index in [-0.39, 0.29) is 6.42 Å². The molecular weight excluding hydrogens is 338 g/mol. The molecule has 7 heteroatoms. The molecule has 0 bridgehead atoms. The van der Waals surface area contributed by atoms with Crippen LogP contribution in [0.2, 0.25) is 0 Å². The molecule has 0 atom stereocenters. The van der Waals surface area contributed by atoms with Crippen molar-refractivity contribution in [3.63, 3.8) is 0 Å². The van der Waals surface area contributed by atoms with Crippen molar-refractivity contribution in [3.05, 3.63) is 35.3 Å². The highest BCUT2D eigenvalue weighted by molar-refractivity contribution is 7.13. The topological polar surface area (TPSA) is 65.9 Å². The SMILES string of the molecule is COc1ccc(-c2nc(CN3CCN(CCC(=O)O)CC3)cs2)cc1. The Morgan fingerprint density at radius 3 is 2.52 bits per heavy atom. The quantitative estimate of drug-likeness (QED) is 0.817. The first-order valence-electron chi connectivity index (χ1n) is 8.39. The molecule has 0 amide bonds. The van der Waals surface area contributed by atoms with Gasteiger partial charge in [-0.1, -0.05) is 0 Å². The number of rotatable bonds is 7. The molecule has 1 fully saturated rings. The average Bonchev–Trinajstić information content (AvgIpc) is 3.09. The summed E-state index contributed by atoms with van der Waals surface area (Å²) in [6, 6.07) is 7.96. The summed E-state index contributed by atoms with van der Waals surface area (Å²) in [5, 5.41) is 11.9. The number of ether oxygens (including phenoxy) is 1. The molecule has 1 aromatic carbocycles. The number of carboxylic acid groups (broad SMARTS) is 1. The van der Waals surface area contributed by atoms with Crippen LogP contribution in [0.3, 0.4) is 0 Å². The van der Waals surface area contributed by atoms with Gasteiger partial charge in [0.2, 0.25) is 0 Å². The molecule has 0 unspecified atom stereocenters. The predicted octanol–water partition coefficient (Wildman–Crippen LogP) is 2.41. The van der Waals surface area contributed by atoms with Crippen LogP contribution in [0.1, 0.15) is 12.1 Å². The summed E-state index contributed by atoms with van der Waals surface area (Å²) in [5.41, 5.74) is 2.20. The molecule has 0 aliphatic carbocycles. The molecule has 2 heterocycles. The van der Waals surface area contributed by atoms with Gasteiger partial charge < -0.3 is 14.7 Å². The lowest BCUT2D eigenvalue weighted by atomic mass is 10.2. The van der Waals surface area contributed by atoms with E-state index < -0.39 is 5.97 Å². The van der Waals surface area contributed by atoms with Crippen molar-refractivity contribution in [3.8, 4) is 16.3 Å². The van der Waals surface area contributed by atoms with Crippen LogP contribution in [0.15, 0.2) is 29.6 Å². The van der Waals surface area contributed by atoms with Crippen molar-refractivity contribution in [2.45, 2.75) is 13.0 Å². The Kier molecular flexibility index (Phi) is 6.01. The van der Waals surface area contributed by atoms with Gasteiger partial charge in [-0.05, 0) is 24.3 Å². The van der Waals surface area contributed by atoms with Gasteiger partial charge >= 0.3 is 5.97 Å². The number of carboxylic acids is 1. The van der Waals surface area contributed by atoms with Gasteiger partial charge in [-0.3, -0.25) is 9.69 Å². The first-order valence-corrected chi connectivity index (χ1v) is 9.27. The second-order valence-corrected chi connectivity index (χ2v) is 6.99. The minimum absolute atomic E-state index is 0.220. The molecule has 1 aromatic heterocycles. The van der Waals surface area contributed by atoms with Crippen molar-refractivity contribution < 1.29 is 14.6 Å². The summed E-state index contributed by atoms with van der Waals surface area (Å²) in [4.78, 5) is 20.0. The molecule has 3 rings (SSSR count). The van der Waals surface area contributed by atoms with Gasteiger partial charge in [0.25, 0.3) is 0 Å². The number of aliphatic carboxylic acids is 1. The third kappa shape index (κ3) is 5.01. The highest BCUT2D eigenvalue weighted by Gasteiger charge is 2.18. The minimum atomic E-state index is -0.726. The summed E-state index contributed by atoms with van der Waals surface area (Å²) in [7, 11) is 1.66. The van der Waals surface area contributed by atoms with Gasteiger partial charge in [-0.25, -0.2) is 4.98 Å². The van der Waals surface area contributed by atoms with E-state index in [0.29, 0.717) is 6.54 Å². The number of carbonyl (C=O) groups is 1. The molecule has 134 valence electrons. The molecule has 25 heavy (non-hydrogen) atoms. The van der Waals surface area contributed by atoms with Crippen LogP contribution in [-0.4, -0.2) is 65.7 Å². The number of methoxy groups -OCH3 is 1. The Bertz CT molecular complexity index is 694. The van der Waals surface area contributed by atoms with Crippen LogP contribution in [0.4, 0.5) is 0 Å². The predicted molar refractivity (Wildman–Crippen MR) is 98.1 cm³/mol. The van der Waals surface area contributed by atoms with Crippen LogP contribution >= 0.6 is 11.3 Å². The molecule has 0 radical (unpaired) electrons. The number of piperazine rings is 1. The van der Waals surface area contributed by atoms with Crippen LogP contribution in [0.5, 0.6) is 5.75 Å². The van der Waals surface area contributed by atoms with Gasteiger partial charge in [-0.2, -0.15) is 0 Å². The second kappa shape index (κ2) is 8.42. The summed E-state index contributed by atoms with van der Waals surface area (Å²) >= 11 is 1.66. The van der Waals surface area contributed by atoms with E-state index >= 15 is 0 Å². The molecule has 1 N–H and O–H groups in total. The average molecular weight is 361 g/mol. The largest absolute Gasteiger partial charge is 0.497 e. The Morgan fingerprint density at radius 1 is 1.20 bits per heavy atom. The smallest absolute Gasteiger partial charge is 0.304 e. The zero-order chi connectivity index (χ0) is 17.6. The zero-order valence-electron chi connectivity index (χ0n) is 14.4. The van der Waals surface area contributed by atoms with E-state index in [4.69, 9.17) is 14.8 Å². The van der Waals surface area contributed by atoms with Gasteiger partial charge in [0.05, 0.1) is 19.2 Å². The standard InChI is InChI=1S/C18H23N3O3S/c1-24-16-4-2-14(3-5-16)18-19-15(13-25-18)12-21-10-8-20(9-11-21)7-6-17(22)23/h2-5,13H,6-12H2,1H3,(H,22,23). The third-order valence-electron chi connectivity index (χ3n) is 4.38. The maximum Gasteiger partial charge on any atom is 0.304 e. The Morgan fingerprint density at radius 2 is 1.88 bits per heavy atom. The lowest BCUT2D eigenvalue weighted by molar-refractivity contribution is -0.137. The number of aromatic nitrogens is 1.